The van der Waals surface area contributed by atoms with Crippen LogP contribution in [0, 0.1) is 5.92 Å². The molecule has 1 unspecified atom stereocenters. The number of rotatable bonds is 6. The van der Waals surface area contributed by atoms with E-state index >= 15 is 0 Å². The van der Waals surface area contributed by atoms with Gasteiger partial charge in [0, 0.05) is 39.1 Å². The van der Waals surface area contributed by atoms with E-state index in [4.69, 9.17) is 4.42 Å². The average molecular weight is 412 g/mol. The van der Waals surface area contributed by atoms with Gasteiger partial charge in [0.15, 0.2) is 5.76 Å². The fourth-order valence-electron chi connectivity index (χ4n) is 3.76. The first-order chi connectivity index (χ1) is 13.4. The van der Waals surface area contributed by atoms with Gasteiger partial charge in [-0.2, -0.15) is 4.31 Å². The second-order valence-electron chi connectivity index (χ2n) is 7.68. The van der Waals surface area contributed by atoms with Crippen molar-refractivity contribution in [3.63, 3.8) is 0 Å². The lowest BCUT2D eigenvalue weighted by Crippen LogP contribution is -2.40. The summed E-state index contributed by atoms with van der Waals surface area (Å²) in [6.45, 7) is 4.81. The van der Waals surface area contributed by atoms with E-state index in [1.54, 1.807) is 0 Å². The van der Waals surface area contributed by atoms with Gasteiger partial charge in [-0.05, 0) is 43.7 Å². The number of carbonyl (C=O) groups is 2. The van der Waals surface area contributed by atoms with Crippen LogP contribution in [-0.2, 0) is 14.8 Å². The van der Waals surface area contributed by atoms with Gasteiger partial charge < -0.3 is 14.6 Å². The lowest BCUT2D eigenvalue weighted by atomic mass is 10.00. The zero-order chi connectivity index (χ0) is 20.1. The van der Waals surface area contributed by atoms with Crippen LogP contribution < -0.4 is 5.32 Å². The molecule has 1 aromatic heterocycles. The summed E-state index contributed by atoms with van der Waals surface area (Å²) in [6.07, 6.45) is 5.06. The zero-order valence-corrected chi connectivity index (χ0v) is 17.2. The van der Waals surface area contributed by atoms with Crippen molar-refractivity contribution in [3.05, 3.63) is 17.9 Å². The number of likely N-dealkylation sites (tertiary alicyclic amines) is 1. The molecule has 2 aliphatic rings. The summed E-state index contributed by atoms with van der Waals surface area (Å²) >= 11 is 0. The Kier molecular flexibility index (Phi) is 6.77. The number of piperidine rings is 2. The van der Waals surface area contributed by atoms with Gasteiger partial charge in [-0.25, -0.2) is 8.42 Å². The molecule has 3 rings (SSSR count). The average Bonchev–Trinajstić information content (AvgIpc) is 3.20. The normalized spacial score (nSPS) is 21.5. The maximum absolute atomic E-state index is 12.6. The standard InChI is InChI=1S/C19H29N3O5S/c1-15-6-5-11-21(14-15)17(23)9-10-20-19(24)16-7-8-18(27-16)28(25,26)22-12-3-2-4-13-22/h7-8,15H,2-6,9-14H2,1H3,(H,20,24). The van der Waals surface area contributed by atoms with Crippen LogP contribution in [0.4, 0.5) is 0 Å². The van der Waals surface area contributed by atoms with E-state index in [0.717, 1.165) is 45.2 Å². The molecular weight excluding hydrogens is 382 g/mol. The van der Waals surface area contributed by atoms with Gasteiger partial charge >= 0.3 is 0 Å². The van der Waals surface area contributed by atoms with Crippen molar-refractivity contribution in [3.8, 4) is 0 Å². The van der Waals surface area contributed by atoms with Crippen LogP contribution in [0.2, 0.25) is 0 Å². The second-order valence-corrected chi connectivity index (χ2v) is 9.55. The molecule has 2 fully saturated rings. The second kappa shape index (κ2) is 9.09. The highest BCUT2D eigenvalue weighted by atomic mass is 32.2. The fraction of sp³-hybridized carbons (Fsp3) is 0.684. The summed E-state index contributed by atoms with van der Waals surface area (Å²) in [5.41, 5.74) is 0. The molecule has 156 valence electrons. The molecule has 0 aliphatic carbocycles. The Morgan fingerprint density at radius 3 is 2.61 bits per heavy atom. The van der Waals surface area contributed by atoms with Gasteiger partial charge in [0.2, 0.25) is 11.0 Å². The number of carbonyl (C=O) groups excluding carboxylic acids is 2. The Morgan fingerprint density at radius 2 is 1.89 bits per heavy atom. The van der Waals surface area contributed by atoms with Crippen LogP contribution in [0.25, 0.3) is 0 Å². The van der Waals surface area contributed by atoms with E-state index in [-0.39, 0.29) is 29.7 Å². The molecule has 2 saturated heterocycles. The quantitative estimate of drug-likeness (QED) is 0.770. The molecular formula is C19H29N3O5S. The van der Waals surface area contributed by atoms with Crippen molar-refractivity contribution < 1.29 is 22.4 Å². The molecule has 0 saturated carbocycles. The molecule has 28 heavy (non-hydrogen) atoms. The SMILES string of the molecule is CC1CCCN(C(=O)CCNC(=O)c2ccc(S(=O)(=O)N3CCCCC3)o2)C1. The number of sulfonamides is 1. The first-order valence-electron chi connectivity index (χ1n) is 10.0. The smallest absolute Gasteiger partial charge is 0.287 e. The van der Waals surface area contributed by atoms with Gasteiger partial charge in [-0.1, -0.05) is 13.3 Å². The van der Waals surface area contributed by atoms with E-state index in [0.29, 0.717) is 19.0 Å². The maximum atomic E-state index is 12.6. The molecule has 2 aliphatic heterocycles. The molecule has 1 atom stereocenters. The minimum Gasteiger partial charge on any atom is -0.438 e. The molecule has 0 spiro atoms. The van der Waals surface area contributed by atoms with E-state index in [1.165, 1.54) is 16.4 Å². The molecule has 2 amide bonds. The maximum Gasteiger partial charge on any atom is 0.287 e. The molecule has 0 radical (unpaired) electrons. The molecule has 1 aromatic rings. The first-order valence-corrected chi connectivity index (χ1v) is 11.5. The highest BCUT2D eigenvalue weighted by molar-refractivity contribution is 7.89. The zero-order valence-electron chi connectivity index (χ0n) is 16.4. The minimum atomic E-state index is -3.70. The van der Waals surface area contributed by atoms with Crippen molar-refractivity contribution in [1.82, 2.24) is 14.5 Å². The van der Waals surface area contributed by atoms with Crippen LogP contribution in [-0.4, -0.2) is 62.2 Å². The van der Waals surface area contributed by atoms with Crippen molar-refractivity contribution in [2.75, 3.05) is 32.7 Å². The number of nitrogens with zero attached hydrogens (tertiary/aromatic N) is 2. The molecule has 9 heteroatoms. The summed E-state index contributed by atoms with van der Waals surface area (Å²) in [5, 5.41) is 2.43. The Bertz CT molecular complexity index is 798. The third-order valence-electron chi connectivity index (χ3n) is 5.35. The highest BCUT2D eigenvalue weighted by Gasteiger charge is 2.29. The molecule has 3 heterocycles. The van der Waals surface area contributed by atoms with E-state index in [1.807, 2.05) is 4.90 Å². The van der Waals surface area contributed by atoms with Gasteiger partial charge in [-0.15, -0.1) is 0 Å². The first kappa shape index (κ1) is 20.9. The Morgan fingerprint density at radius 1 is 1.14 bits per heavy atom. The molecule has 0 aromatic carbocycles. The van der Waals surface area contributed by atoms with Crippen LogP contribution in [0.5, 0.6) is 0 Å². The summed E-state index contributed by atoms with van der Waals surface area (Å²) in [6, 6.07) is 2.68. The van der Waals surface area contributed by atoms with Gasteiger partial charge in [0.05, 0.1) is 0 Å². The predicted octanol–water partition coefficient (Wildman–Crippen LogP) is 1.83. The number of nitrogens with one attached hydrogen (secondary N) is 1. The molecule has 8 nitrogen and oxygen atoms in total. The lowest BCUT2D eigenvalue weighted by molar-refractivity contribution is -0.132. The largest absolute Gasteiger partial charge is 0.438 e. The Balaban J connectivity index is 1.50. The van der Waals surface area contributed by atoms with Crippen LogP contribution in [0.15, 0.2) is 21.6 Å². The summed E-state index contributed by atoms with van der Waals surface area (Å²) in [4.78, 5) is 26.3. The van der Waals surface area contributed by atoms with E-state index in [2.05, 4.69) is 12.2 Å². The van der Waals surface area contributed by atoms with E-state index < -0.39 is 15.9 Å². The van der Waals surface area contributed by atoms with Gasteiger partial charge in [0.1, 0.15) is 0 Å². The predicted molar refractivity (Wildman–Crippen MR) is 103 cm³/mol. The number of amides is 2. The van der Waals surface area contributed by atoms with Crippen molar-refractivity contribution in [2.24, 2.45) is 5.92 Å². The third-order valence-corrected chi connectivity index (χ3v) is 7.12. The van der Waals surface area contributed by atoms with Crippen LogP contribution in [0.3, 0.4) is 0 Å². The topological polar surface area (TPSA) is 99.9 Å². The van der Waals surface area contributed by atoms with Gasteiger partial charge in [0.25, 0.3) is 15.9 Å². The summed E-state index contributed by atoms with van der Waals surface area (Å²) in [7, 11) is -3.70. The Labute approximate surface area is 166 Å². The van der Waals surface area contributed by atoms with Crippen molar-refractivity contribution in [2.45, 2.75) is 50.5 Å². The lowest BCUT2D eigenvalue weighted by Gasteiger charge is -2.31. The van der Waals surface area contributed by atoms with E-state index in [9.17, 15) is 18.0 Å². The molecule has 0 bridgehead atoms. The summed E-state index contributed by atoms with van der Waals surface area (Å²) < 4.78 is 31.9. The highest BCUT2D eigenvalue weighted by Crippen LogP contribution is 2.22. The minimum absolute atomic E-state index is 0.0275. The van der Waals surface area contributed by atoms with Crippen LogP contribution >= 0.6 is 0 Å². The Hall–Kier alpha value is -1.87. The van der Waals surface area contributed by atoms with Crippen LogP contribution in [0.1, 0.15) is 56.0 Å². The van der Waals surface area contributed by atoms with Crippen molar-refractivity contribution >= 4 is 21.8 Å². The fourth-order valence-corrected chi connectivity index (χ4v) is 5.19. The number of hydrogen-bond acceptors (Lipinski definition) is 5. The van der Waals surface area contributed by atoms with Gasteiger partial charge in [-0.3, -0.25) is 9.59 Å². The number of hydrogen-bond donors (Lipinski definition) is 1. The monoisotopic (exact) mass is 411 g/mol. The third kappa shape index (κ3) is 4.94. The molecule has 1 N–H and O–H groups in total. The summed E-state index contributed by atoms with van der Waals surface area (Å²) in [5.74, 6) is -0.0371. The number of furan rings is 1. The van der Waals surface area contributed by atoms with Crippen molar-refractivity contribution in [1.29, 1.82) is 0 Å².